The average Bonchev–Trinajstić information content (AvgIpc) is 3.22. The zero-order chi connectivity index (χ0) is 19.3. The number of fused-ring (bicyclic) bond motifs is 1. The van der Waals surface area contributed by atoms with Crippen LogP contribution in [-0.4, -0.2) is 19.1 Å². The minimum Gasteiger partial charge on any atom is -0.494 e. The van der Waals surface area contributed by atoms with Crippen molar-refractivity contribution >= 4 is 23.4 Å². The lowest BCUT2D eigenvalue weighted by Gasteiger charge is -2.30. The standard InChI is InChI=1S/C22H20N2O4/c23-16-9-10-20-19(14-16)24(11-5-13-26-17-6-2-1-3-7-17)22(25)21(28-20)15-18-8-4-12-27-18/h1-4,6-10,12,14-15H,5,11,13,23H2/b21-15+. The molecule has 2 N–H and O–H groups in total. The van der Waals surface area contributed by atoms with Gasteiger partial charge in [-0.05, 0) is 48.9 Å². The number of nitrogen functional groups attached to an aromatic ring is 1. The molecular formula is C22H20N2O4. The summed E-state index contributed by atoms with van der Waals surface area (Å²) in [7, 11) is 0. The molecule has 0 aliphatic carbocycles. The molecule has 3 aromatic rings. The average molecular weight is 376 g/mol. The van der Waals surface area contributed by atoms with Crippen LogP contribution in [0.5, 0.6) is 11.5 Å². The van der Waals surface area contributed by atoms with Crippen molar-refractivity contribution in [2.24, 2.45) is 0 Å². The molecule has 142 valence electrons. The maximum atomic E-state index is 13.0. The Hall–Kier alpha value is -3.67. The number of nitrogens with two attached hydrogens (primary N) is 1. The zero-order valence-corrected chi connectivity index (χ0v) is 15.2. The second-order valence-electron chi connectivity index (χ2n) is 6.33. The van der Waals surface area contributed by atoms with Gasteiger partial charge in [0.25, 0.3) is 5.91 Å². The number of carbonyl (C=O) groups is 1. The molecule has 1 aliphatic heterocycles. The number of rotatable bonds is 6. The third-order valence-electron chi connectivity index (χ3n) is 4.30. The second kappa shape index (κ2) is 7.92. The van der Waals surface area contributed by atoms with E-state index in [1.807, 2.05) is 30.3 Å². The molecule has 0 radical (unpaired) electrons. The van der Waals surface area contributed by atoms with Gasteiger partial charge >= 0.3 is 0 Å². The van der Waals surface area contributed by atoms with Crippen LogP contribution in [0.2, 0.25) is 0 Å². The number of amides is 1. The first kappa shape index (κ1) is 17.7. The van der Waals surface area contributed by atoms with E-state index in [0.717, 1.165) is 5.75 Å². The molecule has 6 nitrogen and oxygen atoms in total. The van der Waals surface area contributed by atoms with Gasteiger partial charge in [0.05, 0.1) is 18.6 Å². The van der Waals surface area contributed by atoms with Gasteiger partial charge in [-0.25, -0.2) is 0 Å². The SMILES string of the molecule is Nc1ccc2c(c1)N(CCCOc1ccccc1)C(=O)/C(=C\c1ccco1)O2. The van der Waals surface area contributed by atoms with Crippen LogP contribution in [0.25, 0.3) is 6.08 Å². The van der Waals surface area contributed by atoms with E-state index in [1.165, 1.54) is 0 Å². The van der Waals surface area contributed by atoms with Gasteiger partial charge in [0.1, 0.15) is 11.5 Å². The fraction of sp³-hybridized carbons (Fsp3) is 0.136. The van der Waals surface area contributed by atoms with Crippen molar-refractivity contribution in [2.75, 3.05) is 23.8 Å². The highest BCUT2D eigenvalue weighted by atomic mass is 16.5. The lowest BCUT2D eigenvalue weighted by molar-refractivity contribution is -0.117. The number of benzene rings is 2. The number of para-hydroxylation sites is 1. The lowest BCUT2D eigenvalue weighted by Crippen LogP contribution is -2.38. The minimum atomic E-state index is -0.241. The second-order valence-corrected chi connectivity index (χ2v) is 6.33. The van der Waals surface area contributed by atoms with Crippen molar-refractivity contribution in [3.63, 3.8) is 0 Å². The van der Waals surface area contributed by atoms with Crippen LogP contribution >= 0.6 is 0 Å². The van der Waals surface area contributed by atoms with E-state index in [4.69, 9.17) is 19.6 Å². The molecule has 0 bridgehead atoms. The Morgan fingerprint density at radius 2 is 1.93 bits per heavy atom. The zero-order valence-electron chi connectivity index (χ0n) is 15.2. The van der Waals surface area contributed by atoms with Crippen LogP contribution in [0.15, 0.2) is 77.1 Å². The van der Waals surface area contributed by atoms with Gasteiger partial charge in [-0.1, -0.05) is 18.2 Å². The summed E-state index contributed by atoms with van der Waals surface area (Å²) < 4.78 is 16.8. The van der Waals surface area contributed by atoms with E-state index in [9.17, 15) is 4.79 Å². The van der Waals surface area contributed by atoms with E-state index >= 15 is 0 Å². The normalized spacial score (nSPS) is 14.6. The van der Waals surface area contributed by atoms with Gasteiger partial charge < -0.3 is 24.5 Å². The number of hydrogen-bond acceptors (Lipinski definition) is 5. The summed E-state index contributed by atoms with van der Waals surface area (Å²) >= 11 is 0. The first-order valence-corrected chi connectivity index (χ1v) is 9.03. The summed E-state index contributed by atoms with van der Waals surface area (Å²) in [5.41, 5.74) is 7.14. The number of nitrogens with zero attached hydrogens (tertiary/aromatic N) is 1. The number of furan rings is 1. The van der Waals surface area contributed by atoms with Gasteiger partial charge in [-0.2, -0.15) is 0 Å². The highest BCUT2D eigenvalue weighted by molar-refractivity contribution is 6.10. The summed E-state index contributed by atoms with van der Waals surface area (Å²) in [6.45, 7) is 0.963. The first-order valence-electron chi connectivity index (χ1n) is 9.03. The van der Waals surface area contributed by atoms with Crippen LogP contribution in [0.4, 0.5) is 11.4 Å². The minimum absolute atomic E-state index is 0.205. The van der Waals surface area contributed by atoms with Crippen molar-refractivity contribution < 1.29 is 18.7 Å². The molecule has 4 rings (SSSR count). The molecule has 1 aliphatic rings. The van der Waals surface area contributed by atoms with E-state index in [0.29, 0.717) is 42.5 Å². The van der Waals surface area contributed by atoms with Crippen LogP contribution in [0.1, 0.15) is 12.2 Å². The summed E-state index contributed by atoms with van der Waals surface area (Å²) in [6, 6.07) is 18.4. The van der Waals surface area contributed by atoms with Crippen molar-refractivity contribution in [2.45, 2.75) is 6.42 Å². The molecule has 0 fully saturated rings. The topological polar surface area (TPSA) is 77.9 Å². The third-order valence-corrected chi connectivity index (χ3v) is 4.30. The summed E-state index contributed by atoms with van der Waals surface area (Å²) in [4.78, 5) is 14.7. The molecule has 1 amide bonds. The monoisotopic (exact) mass is 376 g/mol. The Morgan fingerprint density at radius 3 is 2.71 bits per heavy atom. The van der Waals surface area contributed by atoms with E-state index in [2.05, 4.69) is 0 Å². The number of ether oxygens (including phenoxy) is 2. The largest absolute Gasteiger partial charge is 0.494 e. The summed E-state index contributed by atoms with van der Waals surface area (Å²) in [5, 5.41) is 0. The molecule has 28 heavy (non-hydrogen) atoms. The Labute approximate surface area is 162 Å². The highest BCUT2D eigenvalue weighted by Crippen LogP contribution is 2.37. The molecule has 6 heteroatoms. The molecule has 0 unspecified atom stereocenters. The van der Waals surface area contributed by atoms with Crippen molar-refractivity contribution in [1.82, 2.24) is 0 Å². The Morgan fingerprint density at radius 1 is 1.07 bits per heavy atom. The van der Waals surface area contributed by atoms with Crippen molar-refractivity contribution in [3.8, 4) is 11.5 Å². The molecule has 2 aromatic carbocycles. The van der Waals surface area contributed by atoms with Gasteiger partial charge in [0.15, 0.2) is 11.5 Å². The van der Waals surface area contributed by atoms with Crippen molar-refractivity contribution in [3.05, 3.63) is 78.4 Å². The Balaban J connectivity index is 1.52. The third kappa shape index (κ3) is 3.86. The van der Waals surface area contributed by atoms with E-state index in [1.54, 1.807) is 47.6 Å². The van der Waals surface area contributed by atoms with Crippen LogP contribution in [0.3, 0.4) is 0 Å². The van der Waals surface area contributed by atoms with Gasteiger partial charge in [0.2, 0.25) is 0 Å². The number of anilines is 2. The maximum Gasteiger partial charge on any atom is 0.294 e. The smallest absolute Gasteiger partial charge is 0.294 e. The molecule has 0 atom stereocenters. The quantitative estimate of drug-likeness (QED) is 0.398. The predicted octanol–water partition coefficient (Wildman–Crippen LogP) is 4.10. The van der Waals surface area contributed by atoms with E-state index in [-0.39, 0.29) is 11.7 Å². The molecular weight excluding hydrogens is 356 g/mol. The fourth-order valence-electron chi connectivity index (χ4n) is 2.98. The van der Waals surface area contributed by atoms with Crippen LogP contribution < -0.4 is 20.1 Å². The number of carbonyl (C=O) groups excluding carboxylic acids is 1. The fourth-order valence-corrected chi connectivity index (χ4v) is 2.98. The predicted molar refractivity (Wildman–Crippen MR) is 107 cm³/mol. The van der Waals surface area contributed by atoms with Gasteiger partial charge in [0, 0.05) is 18.3 Å². The van der Waals surface area contributed by atoms with Crippen molar-refractivity contribution in [1.29, 1.82) is 0 Å². The molecule has 0 spiro atoms. The molecule has 0 saturated heterocycles. The molecule has 2 heterocycles. The van der Waals surface area contributed by atoms with E-state index < -0.39 is 0 Å². The summed E-state index contributed by atoms with van der Waals surface area (Å²) in [5.74, 6) is 1.90. The summed E-state index contributed by atoms with van der Waals surface area (Å²) in [6.07, 6.45) is 3.80. The lowest BCUT2D eigenvalue weighted by atomic mass is 10.1. The van der Waals surface area contributed by atoms with Crippen LogP contribution in [0, 0.1) is 0 Å². The molecule has 0 saturated carbocycles. The van der Waals surface area contributed by atoms with Gasteiger partial charge in [-0.3, -0.25) is 4.79 Å². The number of hydrogen-bond donors (Lipinski definition) is 1. The van der Waals surface area contributed by atoms with Crippen LogP contribution in [-0.2, 0) is 4.79 Å². The first-order chi connectivity index (χ1) is 13.7. The molecule has 1 aromatic heterocycles. The maximum absolute atomic E-state index is 13.0. The Bertz CT molecular complexity index is 981. The Kier molecular flexibility index (Phi) is 5.01. The van der Waals surface area contributed by atoms with Gasteiger partial charge in [-0.15, -0.1) is 0 Å². The highest BCUT2D eigenvalue weighted by Gasteiger charge is 2.30.